The topological polar surface area (TPSA) is 12.0 Å². The van der Waals surface area contributed by atoms with Crippen LogP contribution in [0.25, 0.3) is 0 Å². The van der Waals surface area contributed by atoms with E-state index in [4.69, 9.17) is 0 Å². The minimum atomic E-state index is -0.669. The van der Waals surface area contributed by atoms with Gasteiger partial charge in [-0.15, -0.1) is 12.4 Å². The summed E-state index contributed by atoms with van der Waals surface area (Å²) in [6.45, 7) is 2.61. The molecule has 2 unspecified atom stereocenters. The average molecular weight is 154 g/mol. The highest BCUT2D eigenvalue weighted by molar-refractivity contribution is 5.85. The Morgan fingerprint density at radius 2 is 2.33 bits per heavy atom. The van der Waals surface area contributed by atoms with Crippen LogP contribution < -0.4 is 5.32 Å². The number of hydrogen-bond donors (Lipinski definition) is 1. The largest absolute Gasteiger partial charge is 0.311 e. The van der Waals surface area contributed by atoms with Crippen LogP contribution in [-0.2, 0) is 0 Å². The molecular formula is C6H13ClFN. The number of rotatable bonds is 1. The van der Waals surface area contributed by atoms with Crippen molar-refractivity contribution in [3.63, 3.8) is 0 Å². The van der Waals surface area contributed by atoms with Crippen molar-refractivity contribution < 1.29 is 4.39 Å². The maximum absolute atomic E-state index is 12.3. The van der Waals surface area contributed by atoms with Crippen LogP contribution >= 0.6 is 12.4 Å². The highest BCUT2D eigenvalue weighted by Crippen LogP contribution is 2.10. The van der Waals surface area contributed by atoms with Gasteiger partial charge >= 0.3 is 0 Å². The van der Waals surface area contributed by atoms with E-state index in [-0.39, 0.29) is 18.4 Å². The van der Waals surface area contributed by atoms with E-state index in [1.165, 1.54) is 0 Å². The van der Waals surface area contributed by atoms with E-state index in [1.807, 2.05) is 0 Å². The Kier molecular flexibility index (Phi) is 4.15. The Morgan fingerprint density at radius 3 is 2.56 bits per heavy atom. The first kappa shape index (κ1) is 9.18. The summed E-state index contributed by atoms with van der Waals surface area (Å²) in [5.41, 5.74) is 0. The summed E-state index contributed by atoms with van der Waals surface area (Å²) >= 11 is 0. The van der Waals surface area contributed by atoms with Gasteiger partial charge in [0.15, 0.2) is 0 Å². The zero-order chi connectivity index (χ0) is 5.98. The fourth-order valence-corrected chi connectivity index (χ4v) is 1.10. The molecule has 0 bridgehead atoms. The van der Waals surface area contributed by atoms with Crippen molar-refractivity contribution in [2.24, 2.45) is 0 Å². The Labute approximate surface area is 61.4 Å². The maximum atomic E-state index is 12.3. The molecule has 1 rings (SSSR count). The lowest BCUT2D eigenvalue weighted by atomic mass is 10.1. The summed E-state index contributed by atoms with van der Waals surface area (Å²) in [7, 11) is 0. The van der Waals surface area contributed by atoms with Gasteiger partial charge < -0.3 is 5.32 Å². The van der Waals surface area contributed by atoms with Crippen molar-refractivity contribution in [2.45, 2.75) is 32.0 Å². The quantitative estimate of drug-likeness (QED) is 0.603. The van der Waals surface area contributed by atoms with Gasteiger partial charge in [-0.2, -0.15) is 0 Å². The van der Waals surface area contributed by atoms with Gasteiger partial charge in [-0.3, -0.25) is 0 Å². The predicted molar refractivity (Wildman–Crippen MR) is 38.8 cm³/mol. The van der Waals surface area contributed by atoms with Crippen molar-refractivity contribution in [3.8, 4) is 0 Å². The molecule has 0 spiro atoms. The molecule has 1 fully saturated rings. The van der Waals surface area contributed by atoms with E-state index in [9.17, 15) is 4.39 Å². The van der Waals surface area contributed by atoms with E-state index in [1.54, 1.807) is 6.92 Å². The van der Waals surface area contributed by atoms with Crippen LogP contribution in [0.15, 0.2) is 0 Å². The van der Waals surface area contributed by atoms with Gasteiger partial charge in [0.25, 0.3) is 0 Å². The molecule has 0 radical (unpaired) electrons. The molecule has 0 saturated carbocycles. The highest BCUT2D eigenvalue weighted by Gasteiger charge is 2.19. The van der Waals surface area contributed by atoms with Crippen LogP contribution in [0.3, 0.4) is 0 Å². The predicted octanol–water partition coefficient (Wildman–Crippen LogP) is 1.52. The standard InChI is InChI=1S/C6H12FN.ClH/c1-5(7)6-3-2-4-8-6;/h5-6,8H,2-4H2,1H3;1H. The third-order valence-corrected chi connectivity index (χ3v) is 1.65. The molecule has 1 saturated heterocycles. The smallest absolute Gasteiger partial charge is 0.113 e. The van der Waals surface area contributed by atoms with Gasteiger partial charge in [-0.05, 0) is 26.3 Å². The average Bonchev–Trinajstić information content (AvgIpc) is 2.12. The lowest BCUT2D eigenvalue weighted by molar-refractivity contribution is 0.288. The van der Waals surface area contributed by atoms with Gasteiger partial charge in [-0.25, -0.2) is 4.39 Å². The summed E-state index contributed by atoms with van der Waals surface area (Å²) < 4.78 is 12.3. The number of alkyl halides is 1. The Bertz CT molecular complexity index is 71.5. The molecule has 2 atom stereocenters. The van der Waals surface area contributed by atoms with Crippen LogP contribution in [0.1, 0.15) is 19.8 Å². The second-order valence-electron chi connectivity index (χ2n) is 2.38. The van der Waals surface area contributed by atoms with Crippen molar-refractivity contribution in [3.05, 3.63) is 0 Å². The molecule has 1 heterocycles. The van der Waals surface area contributed by atoms with E-state index in [2.05, 4.69) is 5.32 Å². The fourth-order valence-electron chi connectivity index (χ4n) is 1.10. The second-order valence-corrected chi connectivity index (χ2v) is 2.38. The molecule has 1 aliphatic rings. The second kappa shape index (κ2) is 4.07. The van der Waals surface area contributed by atoms with Gasteiger partial charge in [-0.1, -0.05) is 0 Å². The van der Waals surface area contributed by atoms with Crippen molar-refractivity contribution in [1.82, 2.24) is 5.32 Å². The van der Waals surface area contributed by atoms with Crippen LogP contribution in [0.2, 0.25) is 0 Å². The van der Waals surface area contributed by atoms with Crippen LogP contribution in [0, 0.1) is 0 Å². The summed E-state index contributed by atoms with van der Waals surface area (Å²) in [6.07, 6.45) is 1.48. The Balaban J connectivity index is 0.000000640. The molecule has 1 aliphatic heterocycles. The lowest BCUT2D eigenvalue weighted by Crippen LogP contribution is -2.29. The number of nitrogens with one attached hydrogen (secondary N) is 1. The highest BCUT2D eigenvalue weighted by atomic mass is 35.5. The van der Waals surface area contributed by atoms with Gasteiger partial charge in [0.05, 0.1) is 0 Å². The van der Waals surface area contributed by atoms with Gasteiger partial charge in [0, 0.05) is 6.04 Å². The van der Waals surface area contributed by atoms with Crippen molar-refractivity contribution in [1.29, 1.82) is 0 Å². The van der Waals surface area contributed by atoms with Gasteiger partial charge in [0.1, 0.15) is 6.17 Å². The number of hydrogen-bond acceptors (Lipinski definition) is 1. The monoisotopic (exact) mass is 153 g/mol. The molecular weight excluding hydrogens is 141 g/mol. The van der Waals surface area contributed by atoms with E-state index < -0.39 is 6.17 Å². The number of halogens is 2. The van der Waals surface area contributed by atoms with Crippen molar-refractivity contribution in [2.75, 3.05) is 6.54 Å². The third kappa shape index (κ3) is 2.50. The summed E-state index contributed by atoms with van der Waals surface area (Å²) in [4.78, 5) is 0. The third-order valence-electron chi connectivity index (χ3n) is 1.65. The zero-order valence-corrected chi connectivity index (χ0v) is 6.38. The van der Waals surface area contributed by atoms with E-state index >= 15 is 0 Å². The maximum Gasteiger partial charge on any atom is 0.113 e. The van der Waals surface area contributed by atoms with Crippen LogP contribution in [-0.4, -0.2) is 18.8 Å². The molecule has 9 heavy (non-hydrogen) atoms. The Hall–Kier alpha value is 0.180. The zero-order valence-electron chi connectivity index (χ0n) is 5.56. The van der Waals surface area contributed by atoms with Crippen molar-refractivity contribution >= 4 is 12.4 Å². The summed E-state index contributed by atoms with van der Waals surface area (Å²) in [6, 6.07) is 0.148. The first-order valence-corrected chi connectivity index (χ1v) is 3.18. The molecule has 0 aliphatic carbocycles. The molecule has 1 N–H and O–H groups in total. The lowest BCUT2D eigenvalue weighted by Gasteiger charge is -2.09. The van der Waals surface area contributed by atoms with Crippen LogP contribution in [0.4, 0.5) is 4.39 Å². The first-order chi connectivity index (χ1) is 3.80. The molecule has 0 amide bonds. The van der Waals surface area contributed by atoms with Gasteiger partial charge in [0.2, 0.25) is 0 Å². The fraction of sp³-hybridized carbons (Fsp3) is 1.00. The minimum absolute atomic E-state index is 0. The first-order valence-electron chi connectivity index (χ1n) is 3.18. The molecule has 1 nitrogen and oxygen atoms in total. The SMILES string of the molecule is CC(F)C1CCCN1.Cl. The minimum Gasteiger partial charge on any atom is -0.311 e. The molecule has 0 aromatic carbocycles. The Morgan fingerprint density at radius 1 is 1.67 bits per heavy atom. The summed E-state index contributed by atoms with van der Waals surface area (Å²) in [5, 5.41) is 3.08. The van der Waals surface area contributed by atoms with Crippen LogP contribution in [0.5, 0.6) is 0 Å². The molecule has 56 valence electrons. The summed E-state index contributed by atoms with van der Waals surface area (Å²) in [5.74, 6) is 0. The normalized spacial score (nSPS) is 29.3. The molecule has 0 aromatic heterocycles. The molecule has 3 heteroatoms. The molecule has 0 aromatic rings. The van der Waals surface area contributed by atoms with E-state index in [0.717, 1.165) is 19.4 Å². The van der Waals surface area contributed by atoms with E-state index in [0.29, 0.717) is 0 Å².